The SMILES string of the molecule is O=C(Nc1ccccc1-n1cnnn1)c1ccc(=O)[nH]c1. The zero-order valence-electron chi connectivity index (χ0n) is 10.7. The summed E-state index contributed by atoms with van der Waals surface area (Å²) >= 11 is 0. The monoisotopic (exact) mass is 282 g/mol. The normalized spacial score (nSPS) is 10.3. The van der Waals surface area contributed by atoms with Crippen molar-refractivity contribution in [1.29, 1.82) is 0 Å². The van der Waals surface area contributed by atoms with Gasteiger partial charge in [0.25, 0.3) is 5.91 Å². The lowest BCUT2D eigenvalue weighted by atomic mass is 10.2. The van der Waals surface area contributed by atoms with Crippen LogP contribution in [0.5, 0.6) is 0 Å². The average Bonchev–Trinajstić information content (AvgIpc) is 3.02. The van der Waals surface area contributed by atoms with E-state index in [2.05, 4.69) is 25.8 Å². The first kappa shape index (κ1) is 12.7. The third-order valence-corrected chi connectivity index (χ3v) is 2.79. The van der Waals surface area contributed by atoms with Crippen LogP contribution in [0.2, 0.25) is 0 Å². The summed E-state index contributed by atoms with van der Waals surface area (Å²) in [6.07, 6.45) is 2.79. The molecule has 0 aliphatic rings. The van der Waals surface area contributed by atoms with Crippen LogP contribution in [0.25, 0.3) is 5.69 Å². The summed E-state index contributed by atoms with van der Waals surface area (Å²) in [6, 6.07) is 9.86. The Bertz CT molecular complexity index is 804. The Kier molecular flexibility index (Phi) is 3.26. The number of aromatic amines is 1. The Labute approximate surface area is 118 Å². The number of aromatic nitrogens is 5. The minimum absolute atomic E-state index is 0.263. The molecule has 3 aromatic rings. The second-order valence-corrected chi connectivity index (χ2v) is 4.17. The molecule has 0 atom stereocenters. The average molecular weight is 282 g/mol. The maximum atomic E-state index is 12.2. The highest BCUT2D eigenvalue weighted by Crippen LogP contribution is 2.19. The van der Waals surface area contributed by atoms with Crippen LogP contribution >= 0.6 is 0 Å². The number of carbonyl (C=O) groups is 1. The Balaban J connectivity index is 1.90. The van der Waals surface area contributed by atoms with Gasteiger partial charge in [0, 0.05) is 12.3 Å². The van der Waals surface area contributed by atoms with Crippen molar-refractivity contribution in [3.63, 3.8) is 0 Å². The number of pyridine rings is 1. The number of nitrogens with zero attached hydrogens (tertiary/aromatic N) is 4. The summed E-state index contributed by atoms with van der Waals surface area (Å²) in [5.74, 6) is -0.341. The Hall–Kier alpha value is -3.29. The Morgan fingerprint density at radius 3 is 2.76 bits per heavy atom. The molecule has 1 aromatic carbocycles. The summed E-state index contributed by atoms with van der Waals surface area (Å²) in [5.41, 5.74) is 1.28. The molecule has 3 rings (SSSR count). The van der Waals surface area contributed by atoms with Crippen LogP contribution in [0.3, 0.4) is 0 Å². The highest BCUT2D eigenvalue weighted by molar-refractivity contribution is 6.05. The fourth-order valence-corrected chi connectivity index (χ4v) is 1.80. The molecule has 0 aliphatic carbocycles. The van der Waals surface area contributed by atoms with E-state index in [0.717, 1.165) is 0 Å². The maximum Gasteiger partial charge on any atom is 0.257 e. The number of nitrogens with one attached hydrogen (secondary N) is 2. The number of H-pyrrole nitrogens is 1. The zero-order chi connectivity index (χ0) is 14.7. The van der Waals surface area contributed by atoms with Gasteiger partial charge < -0.3 is 10.3 Å². The van der Waals surface area contributed by atoms with Crippen LogP contribution in [-0.2, 0) is 0 Å². The lowest BCUT2D eigenvalue weighted by Gasteiger charge is -2.09. The second-order valence-electron chi connectivity index (χ2n) is 4.17. The number of anilines is 1. The number of tetrazole rings is 1. The highest BCUT2D eigenvalue weighted by atomic mass is 16.1. The van der Waals surface area contributed by atoms with Gasteiger partial charge in [0.05, 0.1) is 16.9 Å². The lowest BCUT2D eigenvalue weighted by Crippen LogP contribution is -2.16. The van der Waals surface area contributed by atoms with Crippen molar-refractivity contribution in [2.24, 2.45) is 0 Å². The van der Waals surface area contributed by atoms with Gasteiger partial charge in [-0.1, -0.05) is 12.1 Å². The molecule has 8 nitrogen and oxygen atoms in total. The molecule has 104 valence electrons. The summed E-state index contributed by atoms with van der Waals surface area (Å²) in [7, 11) is 0. The third kappa shape index (κ3) is 2.68. The van der Waals surface area contributed by atoms with Gasteiger partial charge in [0.1, 0.15) is 6.33 Å². The first-order valence-corrected chi connectivity index (χ1v) is 6.06. The van der Waals surface area contributed by atoms with Crippen molar-refractivity contribution in [2.45, 2.75) is 0 Å². The van der Waals surface area contributed by atoms with Crippen LogP contribution in [0, 0.1) is 0 Å². The van der Waals surface area contributed by atoms with Crippen LogP contribution in [0.4, 0.5) is 5.69 Å². The lowest BCUT2D eigenvalue weighted by molar-refractivity contribution is 0.102. The van der Waals surface area contributed by atoms with E-state index >= 15 is 0 Å². The van der Waals surface area contributed by atoms with Gasteiger partial charge in [0.2, 0.25) is 5.56 Å². The van der Waals surface area contributed by atoms with Crippen molar-refractivity contribution >= 4 is 11.6 Å². The van der Waals surface area contributed by atoms with Crippen LogP contribution in [-0.4, -0.2) is 31.1 Å². The van der Waals surface area contributed by atoms with E-state index in [1.807, 2.05) is 6.07 Å². The number of hydrogen-bond donors (Lipinski definition) is 2. The molecule has 2 aromatic heterocycles. The number of amides is 1. The van der Waals surface area contributed by atoms with E-state index in [0.29, 0.717) is 16.9 Å². The first-order chi connectivity index (χ1) is 10.2. The molecule has 0 saturated carbocycles. The smallest absolute Gasteiger partial charge is 0.257 e. The zero-order valence-corrected chi connectivity index (χ0v) is 10.7. The molecule has 2 N–H and O–H groups in total. The second kappa shape index (κ2) is 5.37. The molecule has 21 heavy (non-hydrogen) atoms. The number of para-hydroxylation sites is 2. The highest BCUT2D eigenvalue weighted by Gasteiger charge is 2.10. The van der Waals surface area contributed by atoms with Gasteiger partial charge >= 0.3 is 0 Å². The molecule has 0 fully saturated rings. The molecule has 0 spiro atoms. The van der Waals surface area contributed by atoms with Gasteiger partial charge in [-0.2, -0.15) is 4.68 Å². The fourth-order valence-electron chi connectivity index (χ4n) is 1.80. The topological polar surface area (TPSA) is 106 Å². The van der Waals surface area contributed by atoms with E-state index in [1.165, 1.54) is 29.3 Å². The fraction of sp³-hybridized carbons (Fsp3) is 0. The van der Waals surface area contributed by atoms with Gasteiger partial charge in [0.15, 0.2) is 0 Å². The molecule has 8 heteroatoms. The first-order valence-electron chi connectivity index (χ1n) is 6.06. The van der Waals surface area contributed by atoms with Gasteiger partial charge in [-0.15, -0.1) is 5.10 Å². The summed E-state index contributed by atoms with van der Waals surface area (Å²) < 4.78 is 1.45. The largest absolute Gasteiger partial charge is 0.328 e. The maximum absolute atomic E-state index is 12.2. The van der Waals surface area contributed by atoms with Gasteiger partial charge in [-0.25, -0.2) is 0 Å². The third-order valence-electron chi connectivity index (χ3n) is 2.79. The number of rotatable bonds is 3. The molecule has 0 saturated heterocycles. The number of carbonyl (C=O) groups excluding carboxylic acids is 1. The van der Waals surface area contributed by atoms with Crippen LogP contribution in [0.15, 0.2) is 53.7 Å². The minimum atomic E-state index is -0.341. The summed E-state index contributed by atoms with van der Waals surface area (Å²) in [5, 5.41) is 13.7. The standard InChI is InChI=1S/C13H10N6O2/c20-12-6-5-9(7-14-12)13(21)16-10-3-1-2-4-11(10)19-8-15-17-18-19/h1-8H,(H,14,20)(H,16,21). The minimum Gasteiger partial charge on any atom is -0.328 e. The predicted octanol–water partition coefficient (Wildman–Crippen LogP) is 0.603. The van der Waals surface area contributed by atoms with E-state index in [1.54, 1.807) is 18.2 Å². The van der Waals surface area contributed by atoms with Crippen molar-refractivity contribution in [1.82, 2.24) is 25.2 Å². The van der Waals surface area contributed by atoms with E-state index < -0.39 is 0 Å². The van der Waals surface area contributed by atoms with Crippen molar-refractivity contribution in [2.75, 3.05) is 5.32 Å². The van der Waals surface area contributed by atoms with E-state index in [9.17, 15) is 9.59 Å². The molecule has 2 heterocycles. The molecule has 0 radical (unpaired) electrons. The molecule has 1 amide bonds. The quantitative estimate of drug-likeness (QED) is 0.732. The number of hydrogen-bond acceptors (Lipinski definition) is 5. The molecular formula is C13H10N6O2. The van der Waals surface area contributed by atoms with Crippen LogP contribution < -0.4 is 10.9 Å². The van der Waals surface area contributed by atoms with E-state index in [4.69, 9.17) is 0 Å². The van der Waals surface area contributed by atoms with E-state index in [-0.39, 0.29) is 11.5 Å². The molecular weight excluding hydrogens is 272 g/mol. The molecule has 0 unspecified atom stereocenters. The van der Waals surface area contributed by atoms with Crippen molar-refractivity contribution in [3.8, 4) is 5.69 Å². The summed E-state index contributed by atoms with van der Waals surface area (Å²) in [4.78, 5) is 25.6. The van der Waals surface area contributed by atoms with Crippen molar-refractivity contribution < 1.29 is 4.79 Å². The van der Waals surface area contributed by atoms with Crippen LogP contribution in [0.1, 0.15) is 10.4 Å². The number of benzene rings is 1. The van der Waals surface area contributed by atoms with Crippen molar-refractivity contribution in [3.05, 3.63) is 64.8 Å². The Morgan fingerprint density at radius 1 is 1.19 bits per heavy atom. The molecule has 0 aliphatic heterocycles. The van der Waals surface area contributed by atoms with Gasteiger partial charge in [-0.3, -0.25) is 9.59 Å². The predicted molar refractivity (Wildman–Crippen MR) is 74.2 cm³/mol. The summed E-state index contributed by atoms with van der Waals surface area (Å²) in [6.45, 7) is 0. The van der Waals surface area contributed by atoms with Gasteiger partial charge in [-0.05, 0) is 28.6 Å². The molecule has 0 bridgehead atoms. The Morgan fingerprint density at radius 2 is 2.05 bits per heavy atom.